The molecule has 0 aliphatic rings. The quantitative estimate of drug-likeness (QED) is 0.740. The fourth-order valence-electron chi connectivity index (χ4n) is 2.39. The van der Waals surface area contributed by atoms with E-state index in [4.69, 9.17) is 0 Å². The molecule has 6 nitrogen and oxygen atoms in total. The Kier molecular flexibility index (Phi) is 6.76. The predicted molar refractivity (Wildman–Crippen MR) is 104 cm³/mol. The van der Waals surface area contributed by atoms with Crippen LogP contribution in [0.1, 0.15) is 11.1 Å². The molecule has 140 valence electrons. The Bertz CT molecular complexity index is 850. The van der Waals surface area contributed by atoms with Crippen molar-refractivity contribution in [2.75, 3.05) is 32.5 Å². The molecule has 0 spiro atoms. The van der Waals surface area contributed by atoms with Gasteiger partial charge < -0.3 is 10.6 Å². The van der Waals surface area contributed by atoms with Gasteiger partial charge in [0.1, 0.15) is 0 Å². The first-order chi connectivity index (χ1) is 12.3. The van der Waals surface area contributed by atoms with Crippen molar-refractivity contribution in [1.82, 2.24) is 9.62 Å². The predicted octanol–water partition coefficient (Wildman–Crippen LogP) is 2.02. The maximum atomic E-state index is 12.2. The van der Waals surface area contributed by atoms with Gasteiger partial charge in [0.15, 0.2) is 0 Å². The van der Waals surface area contributed by atoms with Gasteiger partial charge in [-0.1, -0.05) is 36.4 Å². The Balaban J connectivity index is 1.91. The van der Waals surface area contributed by atoms with E-state index in [1.807, 2.05) is 37.3 Å². The second kappa shape index (κ2) is 8.82. The van der Waals surface area contributed by atoms with Crippen LogP contribution >= 0.6 is 0 Å². The van der Waals surface area contributed by atoms with E-state index in [1.54, 1.807) is 18.2 Å². The van der Waals surface area contributed by atoms with E-state index >= 15 is 0 Å². The number of carbonyl (C=O) groups excluding carboxylic acids is 1. The van der Waals surface area contributed by atoms with Gasteiger partial charge in [-0.2, -0.15) is 0 Å². The fourth-order valence-corrected chi connectivity index (χ4v) is 3.32. The number of aryl methyl sites for hydroxylation is 1. The van der Waals surface area contributed by atoms with Crippen molar-refractivity contribution < 1.29 is 13.2 Å². The minimum atomic E-state index is -3.51. The minimum Gasteiger partial charge on any atom is -0.376 e. The van der Waals surface area contributed by atoms with Crippen LogP contribution in [-0.2, 0) is 21.2 Å². The molecule has 0 aliphatic heterocycles. The van der Waals surface area contributed by atoms with Crippen molar-refractivity contribution >= 4 is 21.6 Å². The number of nitrogens with zero attached hydrogens (tertiary/aromatic N) is 1. The van der Waals surface area contributed by atoms with Crippen LogP contribution in [0.3, 0.4) is 0 Å². The molecule has 0 heterocycles. The Labute approximate surface area is 155 Å². The third kappa shape index (κ3) is 5.31. The molecule has 1 amide bonds. The van der Waals surface area contributed by atoms with Gasteiger partial charge >= 0.3 is 0 Å². The molecule has 0 bridgehead atoms. The van der Waals surface area contributed by atoms with Crippen LogP contribution in [0.25, 0.3) is 0 Å². The Morgan fingerprint density at radius 3 is 2.42 bits per heavy atom. The first kappa shape index (κ1) is 19.9. The third-order valence-corrected chi connectivity index (χ3v) is 5.82. The highest BCUT2D eigenvalue weighted by molar-refractivity contribution is 7.89. The third-order valence-electron chi connectivity index (χ3n) is 4.01. The van der Waals surface area contributed by atoms with Gasteiger partial charge in [0.2, 0.25) is 15.9 Å². The molecular weight excluding hydrogens is 350 g/mol. The number of anilines is 1. The Morgan fingerprint density at radius 2 is 1.77 bits per heavy atom. The standard InChI is InChI=1S/C19H25N3O3S/c1-15-9-10-17(26(24,25)22(2)3)13-18(15)21-14-19(23)20-12-11-16-7-5-4-6-8-16/h4-10,13,21H,11-12,14H2,1-3H3,(H,20,23). The van der Waals surface area contributed by atoms with Crippen molar-refractivity contribution in [3.63, 3.8) is 0 Å². The molecule has 26 heavy (non-hydrogen) atoms. The van der Waals surface area contributed by atoms with E-state index in [0.29, 0.717) is 12.2 Å². The summed E-state index contributed by atoms with van der Waals surface area (Å²) >= 11 is 0. The van der Waals surface area contributed by atoms with Crippen molar-refractivity contribution in [2.24, 2.45) is 0 Å². The second-order valence-corrected chi connectivity index (χ2v) is 8.36. The summed E-state index contributed by atoms with van der Waals surface area (Å²) < 4.78 is 25.6. The fraction of sp³-hybridized carbons (Fsp3) is 0.316. The van der Waals surface area contributed by atoms with Crippen LogP contribution in [0.5, 0.6) is 0 Å². The van der Waals surface area contributed by atoms with Crippen LogP contribution in [0.4, 0.5) is 5.69 Å². The summed E-state index contributed by atoms with van der Waals surface area (Å²) in [4.78, 5) is 12.2. The first-order valence-electron chi connectivity index (χ1n) is 8.38. The van der Waals surface area contributed by atoms with Gasteiger partial charge in [0.25, 0.3) is 0 Å². The van der Waals surface area contributed by atoms with Crippen molar-refractivity contribution in [1.29, 1.82) is 0 Å². The lowest BCUT2D eigenvalue weighted by molar-refractivity contribution is -0.119. The van der Waals surface area contributed by atoms with Gasteiger partial charge in [-0.05, 0) is 36.6 Å². The van der Waals surface area contributed by atoms with Gasteiger partial charge in [0.05, 0.1) is 11.4 Å². The lowest BCUT2D eigenvalue weighted by atomic mass is 10.1. The molecule has 0 saturated carbocycles. The van der Waals surface area contributed by atoms with E-state index in [9.17, 15) is 13.2 Å². The van der Waals surface area contributed by atoms with Gasteiger partial charge in [-0.15, -0.1) is 0 Å². The van der Waals surface area contributed by atoms with E-state index in [0.717, 1.165) is 21.9 Å². The van der Waals surface area contributed by atoms with E-state index < -0.39 is 10.0 Å². The van der Waals surface area contributed by atoms with E-state index in [2.05, 4.69) is 10.6 Å². The molecular formula is C19H25N3O3S. The van der Waals surface area contributed by atoms with E-state index in [-0.39, 0.29) is 17.3 Å². The molecule has 0 aliphatic carbocycles. The molecule has 7 heteroatoms. The number of rotatable bonds is 8. The Morgan fingerprint density at radius 1 is 1.08 bits per heavy atom. The summed E-state index contributed by atoms with van der Waals surface area (Å²) in [5, 5.41) is 5.87. The summed E-state index contributed by atoms with van der Waals surface area (Å²) in [6.07, 6.45) is 0.766. The molecule has 2 aromatic carbocycles. The number of amides is 1. The van der Waals surface area contributed by atoms with E-state index in [1.165, 1.54) is 14.1 Å². The van der Waals surface area contributed by atoms with Gasteiger partial charge in [-0.3, -0.25) is 4.79 Å². The van der Waals surface area contributed by atoms with Crippen molar-refractivity contribution in [2.45, 2.75) is 18.2 Å². The highest BCUT2D eigenvalue weighted by atomic mass is 32.2. The molecule has 0 aromatic heterocycles. The molecule has 2 N–H and O–H groups in total. The average Bonchev–Trinajstić information content (AvgIpc) is 2.61. The number of hydrogen-bond donors (Lipinski definition) is 2. The smallest absolute Gasteiger partial charge is 0.242 e. The topological polar surface area (TPSA) is 78.5 Å². The Hall–Kier alpha value is -2.38. The van der Waals surface area contributed by atoms with Crippen LogP contribution < -0.4 is 10.6 Å². The maximum absolute atomic E-state index is 12.2. The molecule has 2 aromatic rings. The van der Waals surface area contributed by atoms with Crippen LogP contribution in [0.15, 0.2) is 53.4 Å². The largest absolute Gasteiger partial charge is 0.376 e. The molecule has 0 saturated heterocycles. The average molecular weight is 375 g/mol. The zero-order valence-electron chi connectivity index (χ0n) is 15.3. The summed E-state index contributed by atoms with van der Waals surface area (Å²) in [5.74, 6) is -0.138. The number of sulfonamides is 1. The maximum Gasteiger partial charge on any atom is 0.242 e. The molecule has 0 atom stereocenters. The number of hydrogen-bond acceptors (Lipinski definition) is 4. The number of benzene rings is 2. The summed E-state index contributed by atoms with van der Waals surface area (Å²) in [5.41, 5.74) is 2.67. The molecule has 0 unspecified atom stereocenters. The number of nitrogens with one attached hydrogen (secondary N) is 2. The molecule has 0 fully saturated rings. The van der Waals surface area contributed by atoms with Gasteiger partial charge in [0, 0.05) is 26.3 Å². The molecule has 2 rings (SSSR count). The highest BCUT2D eigenvalue weighted by Gasteiger charge is 2.18. The number of carbonyl (C=O) groups is 1. The minimum absolute atomic E-state index is 0.0844. The normalized spacial score (nSPS) is 11.4. The van der Waals surface area contributed by atoms with Crippen molar-refractivity contribution in [3.05, 3.63) is 59.7 Å². The first-order valence-corrected chi connectivity index (χ1v) is 9.82. The zero-order chi connectivity index (χ0) is 19.2. The van der Waals surface area contributed by atoms with Crippen LogP contribution in [0, 0.1) is 6.92 Å². The monoisotopic (exact) mass is 375 g/mol. The van der Waals surface area contributed by atoms with Crippen molar-refractivity contribution in [3.8, 4) is 0 Å². The molecule has 0 radical (unpaired) electrons. The zero-order valence-corrected chi connectivity index (χ0v) is 16.1. The second-order valence-electron chi connectivity index (χ2n) is 6.20. The summed E-state index contributed by atoms with van der Waals surface area (Å²) in [7, 11) is -0.530. The SMILES string of the molecule is Cc1ccc(S(=O)(=O)N(C)C)cc1NCC(=O)NCCc1ccccc1. The highest BCUT2D eigenvalue weighted by Crippen LogP contribution is 2.21. The lowest BCUT2D eigenvalue weighted by Gasteiger charge is -2.15. The lowest BCUT2D eigenvalue weighted by Crippen LogP contribution is -2.31. The van der Waals surface area contributed by atoms with Crippen LogP contribution in [-0.4, -0.2) is 45.8 Å². The summed E-state index contributed by atoms with van der Waals surface area (Å²) in [6.45, 7) is 2.50. The summed E-state index contributed by atoms with van der Waals surface area (Å²) in [6, 6.07) is 14.8. The van der Waals surface area contributed by atoms with Gasteiger partial charge in [-0.25, -0.2) is 12.7 Å². The van der Waals surface area contributed by atoms with Crippen LogP contribution in [0.2, 0.25) is 0 Å².